The number of amides is 1. The van der Waals surface area contributed by atoms with Gasteiger partial charge in [0.25, 0.3) is 0 Å². The third-order valence-corrected chi connectivity index (χ3v) is 11.2. The van der Waals surface area contributed by atoms with Crippen molar-refractivity contribution in [2.75, 3.05) is 31.6 Å². The zero-order valence-electron chi connectivity index (χ0n) is 24.4. The lowest BCUT2D eigenvalue weighted by atomic mass is 9.68. The van der Waals surface area contributed by atoms with E-state index in [0.717, 1.165) is 6.07 Å². The van der Waals surface area contributed by atoms with Gasteiger partial charge in [-0.25, -0.2) is 21.6 Å². The second-order valence-electron chi connectivity index (χ2n) is 11.6. The first kappa shape index (κ1) is 32.1. The molecule has 0 spiro atoms. The maximum atomic E-state index is 15.4. The molecule has 2 aliphatic heterocycles. The summed E-state index contributed by atoms with van der Waals surface area (Å²) in [4.78, 5) is 12.4. The zero-order chi connectivity index (χ0) is 31.5. The monoisotopic (exact) mass is 630 g/mol. The Hall–Kier alpha value is -3.29. The van der Waals surface area contributed by atoms with Gasteiger partial charge in [-0.1, -0.05) is 24.3 Å². The number of benzene rings is 3. The van der Waals surface area contributed by atoms with Gasteiger partial charge in [-0.3, -0.25) is 10.1 Å². The fourth-order valence-electron chi connectivity index (χ4n) is 6.41. The van der Waals surface area contributed by atoms with E-state index in [4.69, 9.17) is 10.5 Å². The van der Waals surface area contributed by atoms with Crippen LogP contribution in [0.4, 0.5) is 18.9 Å². The Morgan fingerprint density at radius 1 is 1.05 bits per heavy atom. The van der Waals surface area contributed by atoms with Crippen molar-refractivity contribution < 1.29 is 31.1 Å². The highest BCUT2D eigenvalue weighted by atomic mass is 32.2. The Morgan fingerprint density at radius 2 is 1.73 bits per heavy atom. The van der Waals surface area contributed by atoms with Crippen molar-refractivity contribution >= 4 is 21.4 Å². The Labute approximate surface area is 255 Å². The Kier molecular flexibility index (Phi) is 9.47. The van der Waals surface area contributed by atoms with Crippen molar-refractivity contribution in [1.29, 1.82) is 0 Å². The van der Waals surface area contributed by atoms with Crippen LogP contribution in [0.15, 0.2) is 71.6 Å². The first-order chi connectivity index (χ1) is 21.0. The number of nitrogens with one attached hydrogen (secondary N) is 3. The number of anilines is 1. The topological polar surface area (TPSA) is 123 Å². The minimum absolute atomic E-state index is 0.00126. The third-order valence-electron chi connectivity index (χ3n) is 8.79. The molecule has 0 aliphatic carbocycles. The van der Waals surface area contributed by atoms with Crippen LogP contribution in [-0.4, -0.2) is 57.6 Å². The zero-order valence-corrected chi connectivity index (χ0v) is 25.2. The molecule has 2 fully saturated rings. The van der Waals surface area contributed by atoms with Gasteiger partial charge in [0, 0.05) is 55.1 Å². The van der Waals surface area contributed by atoms with Crippen molar-refractivity contribution in [3.05, 3.63) is 95.3 Å². The predicted octanol–water partition coefficient (Wildman–Crippen LogP) is 3.80. The molecule has 5 N–H and O–H groups in total. The molecule has 2 saturated heterocycles. The summed E-state index contributed by atoms with van der Waals surface area (Å²) >= 11 is 0. The summed E-state index contributed by atoms with van der Waals surface area (Å²) in [5, 5.41) is 9.19. The molecule has 2 heterocycles. The second kappa shape index (κ2) is 13.0. The quantitative estimate of drug-likeness (QED) is 0.284. The van der Waals surface area contributed by atoms with E-state index >= 15 is 4.39 Å². The van der Waals surface area contributed by atoms with Crippen LogP contribution in [0.25, 0.3) is 0 Å². The van der Waals surface area contributed by atoms with Crippen molar-refractivity contribution in [3.63, 3.8) is 0 Å². The van der Waals surface area contributed by atoms with Gasteiger partial charge in [0.15, 0.2) is 9.84 Å². The molecular weight excluding hydrogens is 593 g/mol. The smallest absolute Gasteiger partial charge is 0.242 e. The van der Waals surface area contributed by atoms with Gasteiger partial charge in [0.05, 0.1) is 10.9 Å². The number of carbonyl (C=O) groups is 1. The van der Waals surface area contributed by atoms with Crippen molar-refractivity contribution in [3.8, 4) is 0 Å². The second-order valence-corrected chi connectivity index (χ2v) is 13.9. The van der Waals surface area contributed by atoms with Crippen LogP contribution in [0.5, 0.6) is 0 Å². The lowest BCUT2D eigenvalue weighted by Crippen LogP contribution is -2.66. The fourth-order valence-corrected chi connectivity index (χ4v) is 8.39. The highest BCUT2D eigenvalue weighted by Crippen LogP contribution is 2.39. The highest BCUT2D eigenvalue weighted by Gasteiger charge is 2.47. The first-order valence-electron chi connectivity index (χ1n) is 14.6. The molecule has 44 heavy (non-hydrogen) atoms. The summed E-state index contributed by atoms with van der Waals surface area (Å²) in [6, 6.07) is 14.0. The van der Waals surface area contributed by atoms with E-state index in [2.05, 4.69) is 16.0 Å². The fraction of sp³-hybridized carbons (Fsp3) is 0.406. The van der Waals surface area contributed by atoms with Gasteiger partial charge in [0.2, 0.25) is 5.91 Å². The molecule has 3 atom stereocenters. The number of nitrogens with two attached hydrogens (primary N) is 1. The van der Waals surface area contributed by atoms with Crippen LogP contribution >= 0.6 is 0 Å². The van der Waals surface area contributed by atoms with Gasteiger partial charge < -0.3 is 21.1 Å². The highest BCUT2D eigenvalue weighted by molar-refractivity contribution is 7.92. The standard InChI is InChI=1S/C32H37F3N4O4S/c1-21-19-37-20-32(39-21,44(41,42)25-6-3-2-4-7-25)11-10-26-27(35)8-5-9-28(26)38-30(40)29(36)31(12-14-43-15-13-31)22-16-23(33)18-24(34)17-22/h2-9,16-18,21,29,37,39H,10-15,19-20,36H2,1H3,(H,38,40)/t21-,29+,32-/m0/s1. The Bertz CT molecular complexity index is 1580. The minimum Gasteiger partial charge on any atom is -0.381 e. The molecule has 12 heteroatoms. The van der Waals surface area contributed by atoms with Crippen LogP contribution in [0.1, 0.15) is 37.3 Å². The van der Waals surface area contributed by atoms with E-state index in [1.165, 1.54) is 42.5 Å². The lowest BCUT2D eigenvalue weighted by Gasteiger charge is -2.42. The van der Waals surface area contributed by atoms with Crippen LogP contribution in [-0.2, 0) is 31.2 Å². The molecule has 3 aromatic carbocycles. The number of rotatable bonds is 9. The number of piperazine rings is 1. The molecule has 1 amide bonds. The molecule has 0 bridgehead atoms. The van der Waals surface area contributed by atoms with E-state index in [1.807, 2.05) is 6.92 Å². The van der Waals surface area contributed by atoms with E-state index in [0.29, 0.717) is 6.54 Å². The predicted molar refractivity (Wildman–Crippen MR) is 161 cm³/mol. The van der Waals surface area contributed by atoms with Gasteiger partial charge in [0.1, 0.15) is 22.3 Å². The third kappa shape index (κ3) is 6.27. The molecule has 0 saturated carbocycles. The molecule has 236 valence electrons. The summed E-state index contributed by atoms with van der Waals surface area (Å²) in [7, 11) is -3.93. The summed E-state index contributed by atoms with van der Waals surface area (Å²) in [5.41, 5.74) is 5.92. The van der Waals surface area contributed by atoms with Gasteiger partial charge in [-0.05, 0) is 74.6 Å². The van der Waals surface area contributed by atoms with Crippen molar-refractivity contribution in [2.24, 2.45) is 5.73 Å². The number of hydrogen-bond donors (Lipinski definition) is 4. The summed E-state index contributed by atoms with van der Waals surface area (Å²) < 4.78 is 77.3. The van der Waals surface area contributed by atoms with Crippen LogP contribution in [0.3, 0.4) is 0 Å². The van der Waals surface area contributed by atoms with Crippen LogP contribution in [0, 0.1) is 17.5 Å². The first-order valence-corrected chi connectivity index (χ1v) is 16.1. The van der Waals surface area contributed by atoms with Gasteiger partial charge in [-0.15, -0.1) is 0 Å². The average molecular weight is 631 g/mol. The largest absolute Gasteiger partial charge is 0.381 e. The molecule has 2 aliphatic rings. The van der Waals surface area contributed by atoms with E-state index in [-0.39, 0.29) is 73.2 Å². The molecule has 0 unspecified atom stereocenters. The molecule has 8 nitrogen and oxygen atoms in total. The Balaban J connectivity index is 1.43. The number of halogens is 3. The van der Waals surface area contributed by atoms with E-state index in [1.54, 1.807) is 18.2 Å². The summed E-state index contributed by atoms with van der Waals surface area (Å²) in [6.07, 6.45) is 0.467. The number of ether oxygens (including phenoxy) is 1. The molecule has 0 aromatic heterocycles. The van der Waals surface area contributed by atoms with E-state index in [9.17, 15) is 22.0 Å². The van der Waals surface area contributed by atoms with Crippen molar-refractivity contribution in [2.45, 2.75) is 59.9 Å². The van der Waals surface area contributed by atoms with Crippen LogP contribution < -0.4 is 21.7 Å². The number of sulfone groups is 1. The molecule has 5 rings (SSSR count). The normalized spacial score (nSPS) is 22.7. The minimum atomic E-state index is -3.93. The van der Waals surface area contributed by atoms with Crippen molar-refractivity contribution in [1.82, 2.24) is 10.6 Å². The van der Waals surface area contributed by atoms with Gasteiger partial charge >= 0.3 is 0 Å². The van der Waals surface area contributed by atoms with E-state index < -0.39 is 49.5 Å². The molecular formula is C32H37F3N4O4S. The maximum absolute atomic E-state index is 15.4. The lowest BCUT2D eigenvalue weighted by molar-refractivity contribution is -0.120. The number of carbonyl (C=O) groups excluding carboxylic acids is 1. The Morgan fingerprint density at radius 3 is 2.39 bits per heavy atom. The van der Waals surface area contributed by atoms with Crippen LogP contribution in [0.2, 0.25) is 0 Å². The SMILES string of the molecule is C[C@H]1CNC[C@](CCc2c(F)cccc2NC(=O)[C@@H](N)C2(c3cc(F)cc(F)c3)CCOCC2)(S(=O)(=O)c2ccccc2)N1. The summed E-state index contributed by atoms with van der Waals surface area (Å²) in [5.74, 6) is -2.86. The molecule has 0 radical (unpaired) electrons. The van der Waals surface area contributed by atoms with Gasteiger partial charge in [-0.2, -0.15) is 0 Å². The summed E-state index contributed by atoms with van der Waals surface area (Å²) in [6.45, 7) is 3.01. The average Bonchev–Trinajstić information content (AvgIpc) is 3.00. The number of hydrogen-bond acceptors (Lipinski definition) is 7. The maximum Gasteiger partial charge on any atom is 0.242 e. The molecule has 3 aromatic rings.